The topological polar surface area (TPSA) is 102 Å². The first-order valence-corrected chi connectivity index (χ1v) is 10.4. The summed E-state index contributed by atoms with van der Waals surface area (Å²) in [6, 6.07) is -1.28. The molecule has 0 aromatic carbocycles. The molecule has 0 radical (unpaired) electrons. The van der Waals surface area contributed by atoms with Crippen LogP contribution in [0.3, 0.4) is 0 Å². The van der Waals surface area contributed by atoms with Crippen molar-refractivity contribution in [2.75, 3.05) is 32.7 Å². The molecule has 3 aliphatic heterocycles. The van der Waals surface area contributed by atoms with Crippen molar-refractivity contribution in [3.05, 3.63) is 0 Å². The van der Waals surface area contributed by atoms with Gasteiger partial charge in [0.2, 0.25) is 11.8 Å². The van der Waals surface area contributed by atoms with E-state index in [1.807, 2.05) is 4.90 Å². The third kappa shape index (κ3) is 3.15. The summed E-state index contributed by atoms with van der Waals surface area (Å²) in [4.78, 5) is 55.4. The smallest absolute Gasteiger partial charge is 0.325 e. The van der Waals surface area contributed by atoms with Crippen LogP contribution in [0.4, 0.5) is 4.79 Å². The lowest BCUT2D eigenvalue weighted by Crippen LogP contribution is -2.59. The van der Waals surface area contributed by atoms with Crippen molar-refractivity contribution in [1.29, 1.82) is 0 Å². The number of carbonyl (C=O) groups excluding carboxylic acids is 4. The molecule has 4 aliphatic rings. The molecular formula is C19H29N5O4. The van der Waals surface area contributed by atoms with Gasteiger partial charge in [-0.3, -0.25) is 14.4 Å². The van der Waals surface area contributed by atoms with Crippen molar-refractivity contribution >= 4 is 23.8 Å². The van der Waals surface area contributed by atoms with E-state index >= 15 is 0 Å². The van der Waals surface area contributed by atoms with Gasteiger partial charge in [0.25, 0.3) is 5.91 Å². The van der Waals surface area contributed by atoms with E-state index in [0.29, 0.717) is 39.0 Å². The summed E-state index contributed by atoms with van der Waals surface area (Å²) >= 11 is 0. The quantitative estimate of drug-likeness (QED) is 0.641. The Kier molecular flexibility index (Phi) is 5.03. The predicted octanol–water partition coefficient (Wildman–Crippen LogP) is -0.338. The Balaban J connectivity index is 1.44. The summed E-state index contributed by atoms with van der Waals surface area (Å²) in [6.07, 6.45) is 4.79. The summed E-state index contributed by atoms with van der Waals surface area (Å²) < 4.78 is 0. The monoisotopic (exact) mass is 391 g/mol. The molecule has 0 aromatic rings. The summed E-state index contributed by atoms with van der Waals surface area (Å²) in [5.41, 5.74) is -0.802. The lowest BCUT2D eigenvalue weighted by Gasteiger charge is -2.42. The van der Waals surface area contributed by atoms with Gasteiger partial charge in [-0.15, -0.1) is 0 Å². The van der Waals surface area contributed by atoms with Crippen molar-refractivity contribution in [3.63, 3.8) is 0 Å². The van der Waals surface area contributed by atoms with Crippen LogP contribution in [0.25, 0.3) is 0 Å². The molecule has 2 unspecified atom stereocenters. The number of imide groups is 1. The maximum Gasteiger partial charge on any atom is 0.325 e. The van der Waals surface area contributed by atoms with Gasteiger partial charge in [-0.2, -0.15) is 0 Å². The molecule has 1 aliphatic carbocycles. The minimum absolute atomic E-state index is 0.00350. The molecule has 3 saturated heterocycles. The summed E-state index contributed by atoms with van der Waals surface area (Å²) in [5.74, 6) is -0.414. The van der Waals surface area contributed by atoms with Gasteiger partial charge in [-0.05, 0) is 32.6 Å². The van der Waals surface area contributed by atoms with Crippen molar-refractivity contribution in [1.82, 2.24) is 25.3 Å². The second-order valence-electron chi connectivity index (χ2n) is 8.41. The zero-order valence-corrected chi connectivity index (χ0v) is 16.4. The standard InChI is InChI=1S/C19H29N5O4/c1-13(24-17(27)19(21-18(24)28)6-2-3-7-19)16(26)22-9-4-5-14(12-22)23-10-8-20-11-15(23)25/h13-14,20H,2-12H2,1H3,(H,21,28). The van der Waals surface area contributed by atoms with Gasteiger partial charge in [0.1, 0.15) is 11.6 Å². The Morgan fingerprint density at radius 2 is 1.89 bits per heavy atom. The van der Waals surface area contributed by atoms with Crippen LogP contribution >= 0.6 is 0 Å². The maximum atomic E-state index is 13.1. The SMILES string of the molecule is CC(C(=O)N1CCCC(N2CCNCC2=O)C1)N1C(=O)NC2(CCCC2)C1=O. The van der Waals surface area contributed by atoms with Gasteiger partial charge >= 0.3 is 6.03 Å². The van der Waals surface area contributed by atoms with E-state index in [-0.39, 0.29) is 23.8 Å². The van der Waals surface area contributed by atoms with Crippen LogP contribution in [0.1, 0.15) is 45.4 Å². The minimum Gasteiger partial charge on any atom is -0.339 e. The fourth-order valence-corrected chi connectivity index (χ4v) is 5.10. The van der Waals surface area contributed by atoms with Gasteiger partial charge in [0.05, 0.1) is 6.54 Å². The molecule has 3 heterocycles. The third-order valence-corrected chi connectivity index (χ3v) is 6.67. The number of amides is 5. The highest BCUT2D eigenvalue weighted by Gasteiger charge is 2.55. The van der Waals surface area contributed by atoms with E-state index in [1.54, 1.807) is 11.8 Å². The van der Waals surface area contributed by atoms with Gasteiger partial charge in [-0.25, -0.2) is 9.69 Å². The van der Waals surface area contributed by atoms with Gasteiger partial charge in [0, 0.05) is 32.2 Å². The maximum absolute atomic E-state index is 13.1. The van der Waals surface area contributed by atoms with Crippen LogP contribution in [-0.2, 0) is 14.4 Å². The largest absolute Gasteiger partial charge is 0.339 e. The first-order valence-electron chi connectivity index (χ1n) is 10.4. The summed E-state index contributed by atoms with van der Waals surface area (Å²) in [5, 5.41) is 5.91. The number of carbonyl (C=O) groups is 4. The molecule has 9 heteroatoms. The molecule has 1 saturated carbocycles. The van der Waals surface area contributed by atoms with Crippen LogP contribution in [0.2, 0.25) is 0 Å². The zero-order chi connectivity index (χ0) is 19.9. The highest BCUT2D eigenvalue weighted by atomic mass is 16.2. The molecule has 28 heavy (non-hydrogen) atoms. The number of rotatable bonds is 3. The molecule has 0 aromatic heterocycles. The summed E-state index contributed by atoms with van der Waals surface area (Å²) in [7, 11) is 0. The van der Waals surface area contributed by atoms with E-state index < -0.39 is 17.6 Å². The normalized spacial score (nSPS) is 28.8. The van der Waals surface area contributed by atoms with Gasteiger partial charge < -0.3 is 20.4 Å². The van der Waals surface area contributed by atoms with Crippen LogP contribution in [-0.4, -0.2) is 88.8 Å². The molecule has 154 valence electrons. The minimum atomic E-state index is -0.829. The average Bonchev–Trinajstić information content (AvgIpc) is 3.26. The van der Waals surface area contributed by atoms with Crippen LogP contribution in [0, 0.1) is 0 Å². The molecule has 4 fully saturated rings. The Bertz CT molecular complexity index is 690. The Morgan fingerprint density at radius 3 is 2.61 bits per heavy atom. The molecule has 4 rings (SSSR count). The number of hydrogen-bond acceptors (Lipinski definition) is 5. The molecule has 2 N–H and O–H groups in total. The number of piperazine rings is 1. The molecule has 5 amide bonds. The predicted molar refractivity (Wildman–Crippen MR) is 100 cm³/mol. The number of nitrogens with zero attached hydrogens (tertiary/aromatic N) is 3. The van der Waals surface area contributed by atoms with Crippen LogP contribution < -0.4 is 10.6 Å². The van der Waals surface area contributed by atoms with E-state index in [1.165, 1.54) is 0 Å². The van der Waals surface area contributed by atoms with Crippen molar-refractivity contribution < 1.29 is 19.2 Å². The van der Waals surface area contributed by atoms with Gasteiger partial charge in [-0.1, -0.05) is 12.8 Å². The van der Waals surface area contributed by atoms with Crippen molar-refractivity contribution in [2.24, 2.45) is 0 Å². The fourth-order valence-electron chi connectivity index (χ4n) is 5.10. The second kappa shape index (κ2) is 7.35. The zero-order valence-electron chi connectivity index (χ0n) is 16.4. The number of nitrogens with one attached hydrogen (secondary N) is 2. The number of urea groups is 1. The Hall–Kier alpha value is -2.16. The highest BCUT2D eigenvalue weighted by Crippen LogP contribution is 2.36. The summed E-state index contributed by atoms with van der Waals surface area (Å²) in [6.45, 7) is 4.44. The third-order valence-electron chi connectivity index (χ3n) is 6.67. The second-order valence-corrected chi connectivity index (χ2v) is 8.41. The highest BCUT2D eigenvalue weighted by molar-refractivity contribution is 6.10. The van der Waals surface area contributed by atoms with E-state index in [4.69, 9.17) is 0 Å². The van der Waals surface area contributed by atoms with Crippen molar-refractivity contribution in [2.45, 2.75) is 63.1 Å². The first-order chi connectivity index (χ1) is 13.4. The average molecular weight is 391 g/mol. The molecule has 9 nitrogen and oxygen atoms in total. The van der Waals surface area contributed by atoms with E-state index in [2.05, 4.69) is 10.6 Å². The number of piperidine rings is 1. The lowest BCUT2D eigenvalue weighted by molar-refractivity contribution is -0.146. The lowest BCUT2D eigenvalue weighted by atomic mass is 9.97. The number of hydrogen-bond donors (Lipinski definition) is 2. The van der Waals surface area contributed by atoms with Crippen LogP contribution in [0.5, 0.6) is 0 Å². The van der Waals surface area contributed by atoms with E-state index in [9.17, 15) is 19.2 Å². The Morgan fingerprint density at radius 1 is 1.14 bits per heavy atom. The van der Waals surface area contributed by atoms with E-state index in [0.717, 1.165) is 37.1 Å². The molecule has 2 atom stereocenters. The fraction of sp³-hybridized carbons (Fsp3) is 0.789. The first kappa shape index (κ1) is 19.2. The number of likely N-dealkylation sites (tertiary alicyclic amines) is 1. The van der Waals surface area contributed by atoms with Crippen LogP contribution in [0.15, 0.2) is 0 Å². The Labute approximate surface area is 164 Å². The molecule has 1 spiro atoms. The molecule has 0 bridgehead atoms. The van der Waals surface area contributed by atoms with Crippen molar-refractivity contribution in [3.8, 4) is 0 Å². The van der Waals surface area contributed by atoms with Gasteiger partial charge in [0.15, 0.2) is 0 Å². The molecular weight excluding hydrogens is 362 g/mol.